The van der Waals surface area contributed by atoms with Gasteiger partial charge in [0.15, 0.2) is 34.4 Å². The maximum atomic E-state index is 15.0. The summed E-state index contributed by atoms with van der Waals surface area (Å²) in [5, 5.41) is 19.3. The van der Waals surface area contributed by atoms with Gasteiger partial charge in [0.1, 0.15) is 0 Å². The molecule has 0 aromatic heterocycles. The Labute approximate surface area is 159 Å². The van der Waals surface area contributed by atoms with Gasteiger partial charge in [0.05, 0.1) is 16.7 Å². The zero-order valence-electron chi connectivity index (χ0n) is 14.1. The Bertz CT molecular complexity index is 1260. The van der Waals surface area contributed by atoms with E-state index in [1.54, 1.807) is 0 Å². The molecule has 0 fully saturated rings. The Morgan fingerprint density at radius 2 is 1.52 bits per heavy atom. The SMILES string of the molecule is O=C1OC2(c3ccccc31)c1ccc(O)c(F)c1Oc1c(F)c(O)c(F)c(F)c12. The first kappa shape index (κ1) is 17.4. The summed E-state index contributed by atoms with van der Waals surface area (Å²) >= 11 is 0. The lowest BCUT2D eigenvalue weighted by Crippen LogP contribution is -2.35. The van der Waals surface area contributed by atoms with Gasteiger partial charge in [-0.25, -0.2) is 9.18 Å². The number of hydrogen-bond donors (Lipinski definition) is 2. The highest BCUT2D eigenvalue weighted by atomic mass is 19.2. The molecule has 1 atom stereocenters. The Morgan fingerprint density at radius 3 is 2.28 bits per heavy atom. The van der Waals surface area contributed by atoms with Crippen molar-refractivity contribution in [3.63, 3.8) is 0 Å². The zero-order chi connectivity index (χ0) is 20.7. The van der Waals surface area contributed by atoms with E-state index in [2.05, 4.69) is 0 Å². The third-order valence-electron chi connectivity index (χ3n) is 5.04. The lowest BCUT2D eigenvalue weighted by molar-refractivity contribution is 0.0203. The number of fused-ring (bicyclic) bond motifs is 6. The number of carbonyl (C=O) groups excluding carboxylic acids is 1. The van der Waals surface area contributed by atoms with E-state index in [4.69, 9.17) is 9.47 Å². The second kappa shape index (κ2) is 5.40. The van der Waals surface area contributed by atoms with E-state index in [-0.39, 0.29) is 16.7 Å². The average molecular weight is 404 g/mol. The van der Waals surface area contributed by atoms with Crippen LogP contribution in [-0.4, -0.2) is 16.2 Å². The lowest BCUT2D eigenvalue weighted by atomic mass is 9.77. The van der Waals surface area contributed by atoms with E-state index in [0.29, 0.717) is 0 Å². The van der Waals surface area contributed by atoms with Gasteiger partial charge >= 0.3 is 5.97 Å². The first-order valence-electron chi connectivity index (χ1n) is 8.21. The second-order valence-corrected chi connectivity index (χ2v) is 6.49. The smallest absolute Gasteiger partial charge is 0.340 e. The highest BCUT2D eigenvalue weighted by Crippen LogP contribution is 2.59. The van der Waals surface area contributed by atoms with Crippen LogP contribution < -0.4 is 4.74 Å². The molecular weight excluding hydrogens is 396 g/mol. The summed E-state index contributed by atoms with van der Waals surface area (Å²) in [4.78, 5) is 12.5. The molecule has 0 amide bonds. The van der Waals surface area contributed by atoms with E-state index in [1.165, 1.54) is 24.3 Å². The molecule has 29 heavy (non-hydrogen) atoms. The molecule has 3 aromatic carbocycles. The quantitative estimate of drug-likeness (QED) is 0.333. The van der Waals surface area contributed by atoms with Crippen LogP contribution in [0, 0.1) is 23.3 Å². The lowest BCUT2D eigenvalue weighted by Gasteiger charge is -2.36. The van der Waals surface area contributed by atoms with Gasteiger partial charge in [0.25, 0.3) is 0 Å². The van der Waals surface area contributed by atoms with E-state index in [0.717, 1.165) is 12.1 Å². The predicted molar refractivity (Wildman–Crippen MR) is 87.9 cm³/mol. The molecule has 0 bridgehead atoms. The van der Waals surface area contributed by atoms with Gasteiger partial charge in [-0.1, -0.05) is 18.2 Å². The minimum atomic E-state index is -2.30. The van der Waals surface area contributed by atoms with Crippen molar-refractivity contribution in [3.05, 3.63) is 81.9 Å². The minimum Gasteiger partial charge on any atom is -0.505 e. The normalized spacial score (nSPS) is 18.7. The number of phenols is 2. The Morgan fingerprint density at radius 1 is 0.793 bits per heavy atom. The number of hydrogen-bond acceptors (Lipinski definition) is 5. The van der Waals surface area contributed by atoms with Crippen molar-refractivity contribution in [2.24, 2.45) is 0 Å². The zero-order valence-corrected chi connectivity index (χ0v) is 14.1. The van der Waals surface area contributed by atoms with E-state index < -0.39 is 63.4 Å². The van der Waals surface area contributed by atoms with Crippen molar-refractivity contribution in [1.29, 1.82) is 0 Å². The summed E-state index contributed by atoms with van der Waals surface area (Å²) < 4.78 is 69.0. The van der Waals surface area contributed by atoms with E-state index in [9.17, 15) is 32.6 Å². The van der Waals surface area contributed by atoms with Crippen molar-refractivity contribution in [2.45, 2.75) is 5.60 Å². The van der Waals surface area contributed by atoms with Crippen LogP contribution in [0.1, 0.15) is 27.0 Å². The van der Waals surface area contributed by atoms with Crippen molar-refractivity contribution in [2.75, 3.05) is 0 Å². The molecule has 3 aromatic rings. The summed E-state index contributed by atoms with van der Waals surface area (Å²) in [6, 6.07) is 7.67. The van der Waals surface area contributed by atoms with Crippen molar-refractivity contribution in [3.8, 4) is 23.0 Å². The van der Waals surface area contributed by atoms with Crippen LogP contribution in [0.3, 0.4) is 0 Å². The molecule has 0 radical (unpaired) electrons. The number of benzene rings is 3. The van der Waals surface area contributed by atoms with Crippen molar-refractivity contribution < 1.29 is 42.0 Å². The van der Waals surface area contributed by atoms with Crippen LogP contribution in [-0.2, 0) is 10.3 Å². The number of rotatable bonds is 0. The maximum Gasteiger partial charge on any atom is 0.340 e. The van der Waals surface area contributed by atoms with Crippen LogP contribution in [0.5, 0.6) is 23.0 Å². The molecule has 5 nitrogen and oxygen atoms in total. The number of halogens is 4. The first-order chi connectivity index (χ1) is 13.8. The average Bonchev–Trinajstić information content (AvgIpc) is 3.01. The molecule has 2 aliphatic heterocycles. The Hall–Kier alpha value is -3.75. The van der Waals surface area contributed by atoms with Gasteiger partial charge in [-0.3, -0.25) is 0 Å². The molecule has 1 unspecified atom stereocenters. The van der Waals surface area contributed by atoms with Gasteiger partial charge in [-0.2, -0.15) is 13.2 Å². The molecule has 2 N–H and O–H groups in total. The van der Waals surface area contributed by atoms with Crippen LogP contribution in [0.25, 0.3) is 0 Å². The minimum absolute atomic E-state index is 0.00993. The molecule has 1 spiro atoms. The summed E-state index contributed by atoms with van der Waals surface area (Å²) in [6.07, 6.45) is 0. The third-order valence-corrected chi connectivity index (χ3v) is 5.04. The molecule has 5 rings (SSSR count). The van der Waals surface area contributed by atoms with Gasteiger partial charge in [-0.15, -0.1) is 0 Å². The standard InChI is InChI=1S/C20H8F4O5/c21-12-10(25)6-5-9-17(12)28-18-11(13(22)14(23)16(26)15(18)24)20(9)8-4-2-1-3-7(8)19(27)29-20/h1-6,25-26H. The number of phenolic OH excluding ortho intramolecular Hbond substituents is 2. The summed E-state index contributed by atoms with van der Waals surface area (Å²) in [5.41, 5.74) is -3.51. The molecule has 2 heterocycles. The predicted octanol–water partition coefficient (Wildman–Crippen LogP) is 4.22. The molecule has 0 aliphatic carbocycles. The van der Waals surface area contributed by atoms with Crippen molar-refractivity contribution in [1.82, 2.24) is 0 Å². The molecule has 0 saturated heterocycles. The van der Waals surface area contributed by atoms with Gasteiger partial charge in [0.2, 0.25) is 17.5 Å². The largest absolute Gasteiger partial charge is 0.505 e. The van der Waals surface area contributed by atoms with E-state index in [1.807, 2.05) is 0 Å². The molecule has 9 heteroatoms. The van der Waals surface area contributed by atoms with Crippen LogP contribution >= 0.6 is 0 Å². The number of aromatic hydroxyl groups is 2. The fraction of sp³-hybridized carbons (Fsp3) is 0.0500. The van der Waals surface area contributed by atoms with Crippen LogP contribution in [0.4, 0.5) is 17.6 Å². The van der Waals surface area contributed by atoms with Crippen LogP contribution in [0.2, 0.25) is 0 Å². The van der Waals surface area contributed by atoms with E-state index >= 15 is 0 Å². The Balaban J connectivity index is 2.01. The summed E-state index contributed by atoms with van der Waals surface area (Å²) in [5.74, 6) is -12.0. The second-order valence-electron chi connectivity index (χ2n) is 6.49. The summed E-state index contributed by atoms with van der Waals surface area (Å²) in [6.45, 7) is 0. The topological polar surface area (TPSA) is 76.0 Å². The molecular formula is C20H8F4O5. The number of carbonyl (C=O) groups is 1. The molecule has 0 saturated carbocycles. The van der Waals surface area contributed by atoms with Gasteiger partial charge in [-0.05, 0) is 18.2 Å². The van der Waals surface area contributed by atoms with Crippen molar-refractivity contribution >= 4 is 5.97 Å². The van der Waals surface area contributed by atoms with Gasteiger partial charge in [0, 0.05) is 5.56 Å². The highest BCUT2D eigenvalue weighted by Gasteiger charge is 2.57. The first-order valence-corrected chi connectivity index (χ1v) is 8.21. The fourth-order valence-corrected chi connectivity index (χ4v) is 3.80. The monoisotopic (exact) mass is 404 g/mol. The fourth-order valence-electron chi connectivity index (χ4n) is 3.80. The third kappa shape index (κ3) is 1.91. The summed E-state index contributed by atoms with van der Waals surface area (Å²) in [7, 11) is 0. The maximum absolute atomic E-state index is 15.0. The number of ether oxygens (including phenoxy) is 2. The number of esters is 1. The Kier molecular flexibility index (Phi) is 3.23. The van der Waals surface area contributed by atoms with Crippen LogP contribution in [0.15, 0.2) is 36.4 Å². The van der Waals surface area contributed by atoms with Gasteiger partial charge < -0.3 is 19.7 Å². The molecule has 146 valence electrons. The molecule has 2 aliphatic rings. The highest BCUT2D eigenvalue weighted by molar-refractivity contribution is 5.97.